The van der Waals surface area contributed by atoms with Crippen molar-refractivity contribution in [3.05, 3.63) is 12.1 Å². The number of unbranched alkanes of at least 4 members (excludes halogenated alkanes) is 1. The van der Waals surface area contributed by atoms with Gasteiger partial charge in [0.25, 0.3) is 0 Å². The van der Waals surface area contributed by atoms with E-state index in [9.17, 15) is 9.59 Å². The van der Waals surface area contributed by atoms with Gasteiger partial charge in [0.05, 0.1) is 32.9 Å². The van der Waals surface area contributed by atoms with Crippen molar-refractivity contribution in [3.8, 4) is 17.2 Å². The lowest BCUT2D eigenvalue weighted by molar-refractivity contribution is -0.135. The summed E-state index contributed by atoms with van der Waals surface area (Å²) in [6, 6.07) is 3.47. The summed E-state index contributed by atoms with van der Waals surface area (Å²) in [5, 5.41) is 0. The Morgan fingerprint density at radius 3 is 2.26 bits per heavy atom. The molecule has 1 unspecified atom stereocenters. The van der Waals surface area contributed by atoms with Crippen LogP contribution < -0.4 is 19.1 Å². The number of carbonyl (C=O) groups is 2. The number of ether oxygens (including phenoxy) is 3. The van der Waals surface area contributed by atoms with E-state index in [2.05, 4.69) is 6.92 Å². The molecule has 2 rings (SSSR count). The van der Waals surface area contributed by atoms with E-state index in [0.29, 0.717) is 36.0 Å². The largest absolute Gasteiger partial charge is 0.493 e. The van der Waals surface area contributed by atoms with Crippen LogP contribution >= 0.6 is 0 Å². The van der Waals surface area contributed by atoms with Crippen LogP contribution in [0.25, 0.3) is 0 Å². The van der Waals surface area contributed by atoms with E-state index in [0.717, 1.165) is 19.4 Å². The minimum Gasteiger partial charge on any atom is -0.493 e. The monoisotopic (exact) mass is 378 g/mol. The van der Waals surface area contributed by atoms with Gasteiger partial charge in [-0.2, -0.15) is 0 Å². The second kappa shape index (κ2) is 9.48. The van der Waals surface area contributed by atoms with Crippen LogP contribution in [0.2, 0.25) is 0 Å². The van der Waals surface area contributed by atoms with Gasteiger partial charge in [-0.1, -0.05) is 13.3 Å². The average Bonchev–Trinajstić information content (AvgIpc) is 3.08. The molecule has 7 heteroatoms. The molecule has 2 amide bonds. The Labute approximate surface area is 161 Å². The molecule has 1 saturated heterocycles. The van der Waals surface area contributed by atoms with Gasteiger partial charge in [0.2, 0.25) is 17.6 Å². The first-order valence-electron chi connectivity index (χ1n) is 9.39. The van der Waals surface area contributed by atoms with Crippen LogP contribution in [-0.4, -0.2) is 57.7 Å². The maximum absolute atomic E-state index is 12.8. The highest BCUT2D eigenvalue weighted by molar-refractivity contribution is 6.00. The van der Waals surface area contributed by atoms with Crippen LogP contribution in [0.4, 0.5) is 5.69 Å². The molecule has 0 bridgehead atoms. The van der Waals surface area contributed by atoms with E-state index in [1.807, 2.05) is 11.8 Å². The minimum atomic E-state index is -0.326. The SMILES string of the molecule is CCCCN(CC)C(=O)C1CC(=O)N(c2cc(OC)c(OC)c(OC)c2)C1. The first-order valence-corrected chi connectivity index (χ1v) is 9.39. The fourth-order valence-electron chi connectivity index (χ4n) is 3.38. The summed E-state index contributed by atoms with van der Waals surface area (Å²) in [5.74, 6) is 1.08. The number of methoxy groups -OCH3 is 3. The summed E-state index contributed by atoms with van der Waals surface area (Å²) in [6.45, 7) is 5.83. The van der Waals surface area contributed by atoms with Crippen LogP contribution in [0.1, 0.15) is 33.1 Å². The molecular formula is C20H30N2O5. The number of hydrogen-bond acceptors (Lipinski definition) is 5. The topological polar surface area (TPSA) is 68.3 Å². The molecule has 0 aliphatic carbocycles. The summed E-state index contributed by atoms with van der Waals surface area (Å²) >= 11 is 0. The highest BCUT2D eigenvalue weighted by Gasteiger charge is 2.37. The number of hydrogen-bond donors (Lipinski definition) is 0. The Hall–Kier alpha value is -2.44. The Morgan fingerprint density at radius 2 is 1.78 bits per heavy atom. The van der Waals surface area contributed by atoms with Crippen LogP contribution in [0.5, 0.6) is 17.2 Å². The van der Waals surface area contributed by atoms with Gasteiger partial charge in [0.15, 0.2) is 11.5 Å². The Bertz CT molecular complexity index is 651. The summed E-state index contributed by atoms with van der Waals surface area (Å²) in [4.78, 5) is 28.9. The number of anilines is 1. The van der Waals surface area contributed by atoms with Gasteiger partial charge in [-0.3, -0.25) is 9.59 Å². The highest BCUT2D eigenvalue weighted by Crippen LogP contribution is 2.42. The number of amides is 2. The molecule has 0 aromatic heterocycles. The Balaban J connectivity index is 2.23. The lowest BCUT2D eigenvalue weighted by Crippen LogP contribution is -2.38. The van der Waals surface area contributed by atoms with Crippen molar-refractivity contribution in [2.75, 3.05) is 45.9 Å². The zero-order chi connectivity index (χ0) is 20.0. The molecule has 1 aliphatic heterocycles. The van der Waals surface area contributed by atoms with E-state index in [1.54, 1.807) is 17.0 Å². The van der Waals surface area contributed by atoms with Gasteiger partial charge in [-0.05, 0) is 13.3 Å². The average molecular weight is 378 g/mol. The summed E-state index contributed by atoms with van der Waals surface area (Å²) in [6.07, 6.45) is 2.22. The molecule has 1 aromatic rings. The van der Waals surface area contributed by atoms with Gasteiger partial charge >= 0.3 is 0 Å². The highest BCUT2D eigenvalue weighted by atomic mass is 16.5. The predicted molar refractivity (Wildman–Crippen MR) is 104 cm³/mol. The third-order valence-corrected chi connectivity index (χ3v) is 4.91. The molecule has 1 atom stereocenters. The molecule has 27 heavy (non-hydrogen) atoms. The lowest BCUT2D eigenvalue weighted by atomic mass is 10.1. The van der Waals surface area contributed by atoms with E-state index in [4.69, 9.17) is 14.2 Å². The van der Waals surface area contributed by atoms with Crippen molar-refractivity contribution < 1.29 is 23.8 Å². The molecular weight excluding hydrogens is 348 g/mol. The molecule has 7 nitrogen and oxygen atoms in total. The fourth-order valence-corrected chi connectivity index (χ4v) is 3.38. The predicted octanol–water partition coefficient (Wildman–Crippen LogP) is 2.71. The van der Waals surface area contributed by atoms with Crippen LogP contribution in [-0.2, 0) is 9.59 Å². The van der Waals surface area contributed by atoms with Crippen molar-refractivity contribution >= 4 is 17.5 Å². The van der Waals surface area contributed by atoms with Gasteiger partial charge in [-0.25, -0.2) is 0 Å². The van der Waals surface area contributed by atoms with Gasteiger partial charge in [0.1, 0.15) is 0 Å². The molecule has 0 radical (unpaired) electrons. The molecule has 0 saturated carbocycles. The molecule has 1 fully saturated rings. The lowest BCUT2D eigenvalue weighted by Gasteiger charge is -2.24. The van der Waals surface area contributed by atoms with E-state index >= 15 is 0 Å². The van der Waals surface area contributed by atoms with Crippen molar-refractivity contribution in [3.63, 3.8) is 0 Å². The number of nitrogens with zero attached hydrogens (tertiary/aromatic N) is 2. The first kappa shape index (κ1) is 20.9. The molecule has 1 aliphatic rings. The van der Waals surface area contributed by atoms with Gasteiger partial charge < -0.3 is 24.0 Å². The quantitative estimate of drug-likeness (QED) is 0.661. The van der Waals surface area contributed by atoms with Crippen LogP contribution in [0, 0.1) is 5.92 Å². The standard InChI is InChI=1S/C20H30N2O5/c1-6-8-9-21(7-2)20(24)14-10-18(23)22(13-14)15-11-16(25-3)19(27-5)17(12-15)26-4/h11-12,14H,6-10,13H2,1-5H3. The van der Waals surface area contributed by atoms with Crippen molar-refractivity contribution in [2.24, 2.45) is 5.92 Å². The summed E-state index contributed by atoms with van der Waals surface area (Å²) in [5.41, 5.74) is 0.640. The third kappa shape index (κ3) is 4.46. The van der Waals surface area contributed by atoms with Crippen LogP contribution in [0.3, 0.4) is 0 Å². The second-order valence-electron chi connectivity index (χ2n) is 6.56. The van der Waals surface area contributed by atoms with Crippen molar-refractivity contribution in [2.45, 2.75) is 33.1 Å². The first-order chi connectivity index (χ1) is 13.0. The summed E-state index contributed by atoms with van der Waals surface area (Å²) < 4.78 is 16.1. The second-order valence-corrected chi connectivity index (χ2v) is 6.56. The van der Waals surface area contributed by atoms with E-state index in [-0.39, 0.29) is 24.2 Å². The zero-order valence-electron chi connectivity index (χ0n) is 16.9. The maximum atomic E-state index is 12.8. The van der Waals surface area contributed by atoms with E-state index < -0.39 is 0 Å². The van der Waals surface area contributed by atoms with Gasteiger partial charge in [0, 0.05) is 38.2 Å². The molecule has 0 spiro atoms. The van der Waals surface area contributed by atoms with E-state index in [1.165, 1.54) is 21.3 Å². The van der Waals surface area contributed by atoms with Gasteiger partial charge in [-0.15, -0.1) is 0 Å². The number of benzene rings is 1. The smallest absolute Gasteiger partial charge is 0.228 e. The molecule has 1 aromatic carbocycles. The fraction of sp³-hybridized carbons (Fsp3) is 0.600. The molecule has 1 heterocycles. The van der Waals surface area contributed by atoms with Crippen LogP contribution in [0.15, 0.2) is 12.1 Å². The Morgan fingerprint density at radius 1 is 1.15 bits per heavy atom. The minimum absolute atomic E-state index is 0.0502. The molecule has 150 valence electrons. The normalized spacial score (nSPS) is 16.4. The summed E-state index contributed by atoms with van der Waals surface area (Å²) in [7, 11) is 4.60. The number of rotatable bonds is 9. The van der Waals surface area contributed by atoms with Crippen molar-refractivity contribution in [1.82, 2.24) is 4.90 Å². The third-order valence-electron chi connectivity index (χ3n) is 4.91. The maximum Gasteiger partial charge on any atom is 0.228 e. The molecule has 0 N–H and O–H groups in total. The van der Waals surface area contributed by atoms with Crippen molar-refractivity contribution in [1.29, 1.82) is 0 Å². The Kier molecular flexibility index (Phi) is 7.33. The zero-order valence-corrected chi connectivity index (χ0v) is 16.9. The number of carbonyl (C=O) groups excluding carboxylic acids is 2.